The van der Waals surface area contributed by atoms with Crippen molar-refractivity contribution >= 4 is 12.0 Å². The average molecular weight is 388 g/mol. The molecule has 29 heavy (non-hydrogen) atoms. The van der Waals surface area contributed by atoms with Crippen molar-refractivity contribution in [1.29, 1.82) is 0 Å². The zero-order chi connectivity index (χ0) is 20.3. The summed E-state index contributed by atoms with van der Waals surface area (Å²) in [6, 6.07) is 20.6. The molecule has 1 unspecified atom stereocenters. The fraction of sp³-hybridized carbons (Fsp3) is 0.346. The van der Waals surface area contributed by atoms with Gasteiger partial charge >= 0.3 is 5.97 Å². The van der Waals surface area contributed by atoms with Crippen molar-refractivity contribution in [3.8, 4) is 0 Å². The lowest BCUT2D eigenvalue weighted by Crippen LogP contribution is -2.39. The van der Waals surface area contributed by atoms with E-state index in [-0.39, 0.29) is 5.97 Å². The van der Waals surface area contributed by atoms with Gasteiger partial charge in [0.2, 0.25) is 0 Å². The van der Waals surface area contributed by atoms with Gasteiger partial charge in [0.25, 0.3) is 0 Å². The Morgan fingerprint density at radius 3 is 2.45 bits per heavy atom. The smallest absolute Gasteiger partial charge is 0.335 e. The van der Waals surface area contributed by atoms with E-state index in [1.165, 1.54) is 11.1 Å². The molecule has 150 valence electrons. The standard InChI is InChI=1S/C26H29NO2/c1-20(2)18-26(22-13-7-4-8-14-22)24-19-27(17-15-23(24)25(28)29-26)16-9-12-21-10-5-3-6-11-21/h3-14,20H,15-19H2,1-2H3. The van der Waals surface area contributed by atoms with Gasteiger partial charge in [-0.05, 0) is 29.9 Å². The van der Waals surface area contributed by atoms with Crippen molar-refractivity contribution in [2.45, 2.75) is 32.3 Å². The first-order chi connectivity index (χ1) is 14.1. The van der Waals surface area contributed by atoms with Crippen LogP contribution in [0.1, 0.15) is 37.8 Å². The fourth-order valence-electron chi connectivity index (χ4n) is 4.55. The molecule has 0 saturated carbocycles. The normalized spacial score (nSPS) is 22.4. The maximum Gasteiger partial charge on any atom is 0.335 e. The van der Waals surface area contributed by atoms with Crippen LogP contribution in [0.3, 0.4) is 0 Å². The highest BCUT2D eigenvalue weighted by Crippen LogP contribution is 2.48. The van der Waals surface area contributed by atoms with Crippen molar-refractivity contribution in [2.24, 2.45) is 5.92 Å². The van der Waals surface area contributed by atoms with Crippen molar-refractivity contribution in [2.75, 3.05) is 19.6 Å². The third-order valence-electron chi connectivity index (χ3n) is 5.83. The van der Waals surface area contributed by atoms with Gasteiger partial charge in [-0.25, -0.2) is 4.79 Å². The van der Waals surface area contributed by atoms with Crippen molar-refractivity contribution in [3.05, 3.63) is 89.0 Å². The summed E-state index contributed by atoms with van der Waals surface area (Å²) in [5, 5.41) is 0. The van der Waals surface area contributed by atoms with Crippen LogP contribution in [0.4, 0.5) is 0 Å². The Bertz CT molecular complexity index is 914. The molecule has 2 aromatic rings. The number of rotatable bonds is 6. The van der Waals surface area contributed by atoms with Crippen LogP contribution in [0.2, 0.25) is 0 Å². The molecule has 4 rings (SSSR count). The molecule has 2 heterocycles. The van der Waals surface area contributed by atoms with E-state index < -0.39 is 5.60 Å². The first-order valence-corrected chi connectivity index (χ1v) is 10.5. The number of cyclic esters (lactones) is 1. The molecule has 0 amide bonds. The van der Waals surface area contributed by atoms with E-state index in [1.54, 1.807) is 0 Å². The Morgan fingerprint density at radius 1 is 1.07 bits per heavy atom. The van der Waals surface area contributed by atoms with Crippen LogP contribution in [0.5, 0.6) is 0 Å². The van der Waals surface area contributed by atoms with Crippen molar-refractivity contribution in [3.63, 3.8) is 0 Å². The number of benzene rings is 2. The predicted molar refractivity (Wildman–Crippen MR) is 117 cm³/mol. The Kier molecular flexibility index (Phi) is 5.68. The summed E-state index contributed by atoms with van der Waals surface area (Å²) in [5.74, 6) is 0.298. The first-order valence-electron chi connectivity index (χ1n) is 10.5. The minimum atomic E-state index is -0.621. The van der Waals surface area contributed by atoms with Gasteiger partial charge in [-0.2, -0.15) is 0 Å². The molecule has 3 heteroatoms. The van der Waals surface area contributed by atoms with Gasteiger partial charge < -0.3 is 4.74 Å². The van der Waals surface area contributed by atoms with E-state index in [9.17, 15) is 4.79 Å². The first kappa shape index (κ1) is 19.7. The van der Waals surface area contributed by atoms with Gasteiger partial charge in [-0.15, -0.1) is 0 Å². The molecule has 0 aromatic heterocycles. The van der Waals surface area contributed by atoms with E-state index >= 15 is 0 Å². The number of nitrogens with zero attached hydrogens (tertiary/aromatic N) is 1. The number of hydrogen-bond donors (Lipinski definition) is 0. The molecule has 2 aliphatic rings. The van der Waals surface area contributed by atoms with Crippen LogP contribution in [-0.2, 0) is 15.1 Å². The molecule has 2 aromatic carbocycles. The van der Waals surface area contributed by atoms with Gasteiger partial charge in [0, 0.05) is 30.8 Å². The second kappa shape index (κ2) is 8.38. The second-order valence-electron chi connectivity index (χ2n) is 8.44. The van der Waals surface area contributed by atoms with Gasteiger partial charge in [0.1, 0.15) is 0 Å². The van der Waals surface area contributed by atoms with Gasteiger partial charge in [-0.1, -0.05) is 86.7 Å². The molecule has 0 radical (unpaired) electrons. The molecule has 0 bridgehead atoms. The van der Waals surface area contributed by atoms with Crippen molar-refractivity contribution in [1.82, 2.24) is 4.90 Å². The highest BCUT2D eigenvalue weighted by atomic mass is 16.6. The summed E-state index contributed by atoms with van der Waals surface area (Å²) in [5.41, 5.74) is 3.75. The van der Waals surface area contributed by atoms with Gasteiger partial charge in [0.05, 0.1) is 0 Å². The van der Waals surface area contributed by atoms with Crippen LogP contribution in [-0.4, -0.2) is 30.5 Å². The largest absolute Gasteiger partial charge is 0.446 e. The minimum Gasteiger partial charge on any atom is -0.446 e. The summed E-state index contributed by atoms with van der Waals surface area (Å²) in [6.07, 6.45) is 5.96. The van der Waals surface area contributed by atoms with Crippen LogP contribution in [0.25, 0.3) is 6.08 Å². The lowest BCUT2D eigenvalue weighted by atomic mass is 9.77. The average Bonchev–Trinajstić information content (AvgIpc) is 3.01. The van der Waals surface area contributed by atoms with Gasteiger partial charge in [0.15, 0.2) is 5.60 Å². The predicted octanol–water partition coefficient (Wildman–Crippen LogP) is 5.20. The second-order valence-corrected chi connectivity index (χ2v) is 8.44. The number of esters is 1. The van der Waals surface area contributed by atoms with E-state index in [1.807, 2.05) is 24.3 Å². The molecule has 0 saturated heterocycles. The highest BCUT2D eigenvalue weighted by Gasteiger charge is 2.50. The third-order valence-corrected chi connectivity index (χ3v) is 5.83. The molecule has 2 aliphatic heterocycles. The maximum absolute atomic E-state index is 12.8. The lowest BCUT2D eigenvalue weighted by molar-refractivity contribution is -0.149. The topological polar surface area (TPSA) is 29.5 Å². The van der Waals surface area contributed by atoms with E-state index in [2.05, 4.69) is 67.3 Å². The SMILES string of the molecule is CC(C)CC1(c2ccccc2)OC(=O)C2=C1CN(CC=Cc1ccccc1)CC2. The summed E-state index contributed by atoms with van der Waals surface area (Å²) in [6.45, 7) is 6.92. The van der Waals surface area contributed by atoms with E-state index in [0.29, 0.717) is 5.92 Å². The zero-order valence-electron chi connectivity index (χ0n) is 17.3. The molecule has 1 atom stereocenters. The van der Waals surface area contributed by atoms with E-state index in [4.69, 9.17) is 4.74 Å². The number of carbonyl (C=O) groups is 1. The lowest BCUT2D eigenvalue weighted by Gasteiger charge is -2.36. The number of carbonyl (C=O) groups excluding carboxylic acids is 1. The van der Waals surface area contributed by atoms with Crippen LogP contribution in [0, 0.1) is 5.92 Å². The summed E-state index contributed by atoms with van der Waals surface area (Å²) in [4.78, 5) is 15.2. The monoisotopic (exact) mass is 387 g/mol. The van der Waals surface area contributed by atoms with Crippen molar-refractivity contribution < 1.29 is 9.53 Å². The fourth-order valence-corrected chi connectivity index (χ4v) is 4.55. The Morgan fingerprint density at radius 2 is 1.76 bits per heavy atom. The van der Waals surface area contributed by atoms with Crippen LogP contribution >= 0.6 is 0 Å². The summed E-state index contributed by atoms with van der Waals surface area (Å²) < 4.78 is 6.16. The Labute approximate surface area is 173 Å². The molecule has 0 fully saturated rings. The summed E-state index contributed by atoms with van der Waals surface area (Å²) >= 11 is 0. The molecule has 0 N–H and O–H groups in total. The summed E-state index contributed by atoms with van der Waals surface area (Å²) in [7, 11) is 0. The Balaban J connectivity index is 1.59. The van der Waals surface area contributed by atoms with Crippen LogP contribution < -0.4 is 0 Å². The molecular weight excluding hydrogens is 358 g/mol. The number of ether oxygens (including phenoxy) is 1. The molecule has 3 nitrogen and oxygen atoms in total. The van der Waals surface area contributed by atoms with Crippen LogP contribution in [0.15, 0.2) is 77.9 Å². The quantitative estimate of drug-likeness (QED) is 0.638. The highest BCUT2D eigenvalue weighted by molar-refractivity contribution is 5.93. The molecule has 0 aliphatic carbocycles. The third kappa shape index (κ3) is 4.06. The van der Waals surface area contributed by atoms with E-state index in [0.717, 1.165) is 43.6 Å². The maximum atomic E-state index is 12.8. The molecular formula is C26H29NO2. The number of hydrogen-bond acceptors (Lipinski definition) is 3. The Hall–Kier alpha value is -2.65. The zero-order valence-corrected chi connectivity index (χ0v) is 17.3. The minimum absolute atomic E-state index is 0.121. The molecule has 0 spiro atoms. The van der Waals surface area contributed by atoms with Gasteiger partial charge in [-0.3, -0.25) is 4.90 Å².